The molecule has 0 fully saturated rings. The molecule has 1 heterocycles. The highest BCUT2D eigenvalue weighted by Crippen LogP contribution is 2.70. The molecule has 0 saturated carbocycles. The van der Waals surface area contributed by atoms with E-state index < -0.39 is 237 Å². The number of phenols is 26. The highest BCUT2D eigenvalue weighted by molar-refractivity contribution is 6.33. The van der Waals surface area contributed by atoms with Crippen LogP contribution in [0.2, 0.25) is 0 Å². The molecule has 27 heteroatoms. The summed E-state index contributed by atoms with van der Waals surface area (Å²) >= 11 is 0. The number of aromatic hydroxyl groups is 26. The number of hydrogen-bond acceptors (Lipinski definition) is 27. The maximum atomic E-state index is 12.4. The van der Waals surface area contributed by atoms with Crippen molar-refractivity contribution < 1.29 is 137 Å². The molecule has 26 N–H and O–H groups in total. The van der Waals surface area contributed by atoms with Gasteiger partial charge in [-0.1, -0.05) is 0 Å². The third-order valence-electron chi connectivity index (χ3n) is 11.7. The first kappa shape index (κ1) is 43.4. The van der Waals surface area contributed by atoms with Gasteiger partial charge in [-0.3, -0.25) is 0 Å². The largest absolute Gasteiger partial charge is 0.506 e. The maximum absolute atomic E-state index is 12.4. The molecule has 9 rings (SSSR count). The van der Waals surface area contributed by atoms with Gasteiger partial charge in [-0.05, 0) is 0 Å². The van der Waals surface area contributed by atoms with Gasteiger partial charge in [-0.15, -0.1) is 0 Å². The van der Waals surface area contributed by atoms with Crippen LogP contribution in [0.1, 0.15) is 0 Å². The lowest BCUT2D eigenvalue weighted by molar-refractivity contribution is 0.329. The van der Waals surface area contributed by atoms with Crippen LogP contribution >= 0.6 is 0 Å². The maximum Gasteiger partial charge on any atom is 0.208 e. The van der Waals surface area contributed by atoms with E-state index in [1.807, 2.05) is 0 Å². The first-order valence-electron chi connectivity index (χ1n) is 18.5. The van der Waals surface area contributed by atoms with E-state index in [0.29, 0.717) is 0 Å². The van der Waals surface area contributed by atoms with Gasteiger partial charge in [-0.25, -0.2) is 0 Å². The highest BCUT2D eigenvalue weighted by atomic mass is 16.4. The molecule has 69 heavy (non-hydrogen) atoms. The van der Waals surface area contributed by atoms with Crippen molar-refractivity contribution in [1.29, 1.82) is 0 Å². The quantitative estimate of drug-likeness (QED) is 0.0663. The molecule has 0 bridgehead atoms. The summed E-state index contributed by atoms with van der Waals surface area (Å²) in [7, 11) is 0. The van der Waals surface area contributed by atoms with E-state index in [0.717, 1.165) is 0 Å². The van der Waals surface area contributed by atoms with E-state index >= 15 is 0 Å². The van der Waals surface area contributed by atoms with Gasteiger partial charge < -0.3 is 137 Å². The normalized spacial score (nSPS) is 11.8. The van der Waals surface area contributed by atoms with Crippen LogP contribution in [-0.2, 0) is 0 Å². The first-order valence-corrected chi connectivity index (χ1v) is 18.5. The van der Waals surface area contributed by atoms with Crippen LogP contribution in [-0.4, -0.2) is 133 Å². The Bertz CT molecular complexity index is 3850. The predicted molar refractivity (Wildman–Crippen MR) is 226 cm³/mol. The molecule has 8 aromatic carbocycles. The van der Waals surface area contributed by atoms with E-state index in [4.69, 9.17) is 4.42 Å². The van der Waals surface area contributed by atoms with E-state index in [-0.39, 0.29) is 0 Å². The van der Waals surface area contributed by atoms with Gasteiger partial charge in [0, 0.05) is 43.6 Å². The smallest absolute Gasteiger partial charge is 0.208 e. The zero-order valence-corrected chi connectivity index (χ0v) is 33.0. The molecular formula is C42H26O27. The van der Waals surface area contributed by atoms with Crippen LogP contribution in [0.15, 0.2) is 4.42 Å². The minimum Gasteiger partial charge on any atom is -0.506 e. The van der Waals surface area contributed by atoms with E-state index in [1.165, 1.54) is 0 Å². The van der Waals surface area contributed by atoms with Gasteiger partial charge in [0.15, 0.2) is 68.7 Å². The molecule has 1 aromatic heterocycles. The fourth-order valence-corrected chi connectivity index (χ4v) is 8.54. The van der Waals surface area contributed by atoms with Crippen LogP contribution in [0.5, 0.6) is 149 Å². The van der Waals surface area contributed by atoms with E-state index in [1.54, 1.807) is 0 Å². The van der Waals surface area contributed by atoms with Gasteiger partial charge in [0.2, 0.25) is 74.7 Å². The SMILES string of the molecule is Oc1c(O)c(O)c(-c2c(O)c(-c3c4c(O)c(O)c(O)c(O)c4c(-c4c(O)c(O)c5oc6c(O)c(O)c(O)c(O)c6c5c4O)c4c(O)c(O)c(O)c(O)c34)c(O)c3c(O)c(O)c(O)c(O)c23)c(O)c1O. The zero-order valence-electron chi connectivity index (χ0n) is 33.0. The molecule has 0 amide bonds. The van der Waals surface area contributed by atoms with Gasteiger partial charge in [-0.2, -0.15) is 0 Å². The number of benzene rings is 8. The van der Waals surface area contributed by atoms with Gasteiger partial charge in [0.05, 0.1) is 32.8 Å². The number of fused-ring (bicyclic) bond motifs is 6. The Morgan fingerprint density at radius 3 is 0.710 bits per heavy atom. The number of furan rings is 1. The fourth-order valence-electron chi connectivity index (χ4n) is 8.54. The van der Waals surface area contributed by atoms with E-state index in [2.05, 4.69) is 0 Å². The molecule has 0 radical (unpaired) electrons. The Morgan fingerprint density at radius 2 is 0.333 bits per heavy atom. The standard InChI is InChI=1S/C42H26O27/c43-15-7(12-24(52)34(62)37(65)35(63)25(12)53)8-11(23(51)33(61)32(60)22(8)50)16(44)9(15)1-3-5(20(48)30(58)28(56)18(3)46)2(6-4(1)19(47)29(57)31(59)21(6)49)10-17(45)13-14-27(55)36(64)38(66)40(68)42(14)69-41(13)39(67)26(10)54/h43-68H. The summed E-state index contributed by atoms with van der Waals surface area (Å²) in [4.78, 5) is 0. The Morgan fingerprint density at radius 1 is 0.130 bits per heavy atom. The molecule has 0 atom stereocenters. The second-order valence-corrected chi connectivity index (χ2v) is 15.1. The number of phenolic OH excluding ortho intramolecular Hbond substituents is 26. The third kappa shape index (κ3) is 4.86. The van der Waals surface area contributed by atoms with Crippen molar-refractivity contribution in [1.82, 2.24) is 0 Å². The summed E-state index contributed by atoms with van der Waals surface area (Å²) in [5, 5.41) is 279. The Hall–Kier alpha value is -10.9. The summed E-state index contributed by atoms with van der Waals surface area (Å²) in [6.07, 6.45) is 0. The van der Waals surface area contributed by atoms with Gasteiger partial charge in [0.1, 0.15) is 17.2 Å². The van der Waals surface area contributed by atoms with Crippen molar-refractivity contribution >= 4 is 54.3 Å². The Kier molecular flexibility index (Phi) is 8.40. The lowest BCUT2D eigenvalue weighted by Crippen LogP contribution is -1.98. The van der Waals surface area contributed by atoms with Crippen LogP contribution in [0.3, 0.4) is 0 Å². The second-order valence-electron chi connectivity index (χ2n) is 15.1. The highest BCUT2D eigenvalue weighted by Gasteiger charge is 2.41. The minimum absolute atomic E-state index is 0.995. The Labute approximate surface area is 373 Å². The van der Waals surface area contributed by atoms with Crippen molar-refractivity contribution in [2.45, 2.75) is 0 Å². The van der Waals surface area contributed by atoms with Crippen LogP contribution in [0.25, 0.3) is 87.6 Å². The average Bonchev–Trinajstić information content (AvgIpc) is 3.73. The molecule has 0 aliphatic rings. The van der Waals surface area contributed by atoms with E-state index in [9.17, 15) is 133 Å². The number of rotatable bonds is 3. The summed E-state index contributed by atoms with van der Waals surface area (Å²) in [5.74, 6) is -43.9. The molecule has 0 spiro atoms. The fraction of sp³-hybridized carbons (Fsp3) is 0. The summed E-state index contributed by atoms with van der Waals surface area (Å²) in [6, 6.07) is 0. The first-order chi connectivity index (χ1) is 32.2. The molecule has 0 aliphatic heterocycles. The molecule has 0 aliphatic carbocycles. The van der Waals surface area contributed by atoms with Crippen molar-refractivity contribution in [2.24, 2.45) is 0 Å². The monoisotopic (exact) mass is 962 g/mol. The van der Waals surface area contributed by atoms with Crippen molar-refractivity contribution in [3.05, 3.63) is 0 Å². The van der Waals surface area contributed by atoms with Crippen molar-refractivity contribution in [2.75, 3.05) is 0 Å². The zero-order chi connectivity index (χ0) is 51.0. The summed E-state index contributed by atoms with van der Waals surface area (Å²) in [6.45, 7) is 0. The average molecular weight is 963 g/mol. The topological polar surface area (TPSA) is 539 Å². The second kappa shape index (κ2) is 13.4. The predicted octanol–water partition coefficient (Wildman–Crippen LogP) is 4.39. The van der Waals surface area contributed by atoms with Crippen LogP contribution in [0.4, 0.5) is 0 Å². The van der Waals surface area contributed by atoms with Crippen LogP contribution in [0, 0.1) is 0 Å². The molecule has 0 unspecified atom stereocenters. The lowest BCUT2D eigenvalue weighted by Gasteiger charge is -2.25. The molecule has 356 valence electrons. The van der Waals surface area contributed by atoms with Gasteiger partial charge >= 0.3 is 0 Å². The van der Waals surface area contributed by atoms with Crippen molar-refractivity contribution in [3.8, 4) is 183 Å². The van der Waals surface area contributed by atoms with Crippen LogP contribution < -0.4 is 0 Å². The lowest BCUT2D eigenvalue weighted by atomic mass is 9.80. The molecule has 9 aromatic rings. The molecular weight excluding hydrogens is 936 g/mol. The minimum atomic E-state index is -1.86. The van der Waals surface area contributed by atoms with Crippen molar-refractivity contribution in [3.63, 3.8) is 0 Å². The van der Waals surface area contributed by atoms with Gasteiger partial charge in [0.25, 0.3) is 0 Å². The molecule has 27 nitrogen and oxygen atoms in total. The number of hydrogen-bond donors (Lipinski definition) is 26. The Balaban J connectivity index is 1.66. The summed E-state index contributed by atoms with van der Waals surface area (Å²) < 4.78 is 5.29. The molecule has 0 saturated heterocycles. The summed E-state index contributed by atoms with van der Waals surface area (Å²) in [5.41, 5.74) is -11.1. The third-order valence-corrected chi connectivity index (χ3v) is 11.7.